The van der Waals surface area contributed by atoms with Crippen molar-refractivity contribution in [2.75, 3.05) is 0 Å². The number of benzene rings is 1. The van der Waals surface area contributed by atoms with Crippen LogP contribution in [0.5, 0.6) is 0 Å². The summed E-state index contributed by atoms with van der Waals surface area (Å²) in [6.45, 7) is 6.57. The fraction of sp³-hybridized carbons (Fsp3) is 0.538. The zero-order valence-corrected chi connectivity index (χ0v) is 9.46. The first kappa shape index (κ1) is 11.3. The fourth-order valence-electron chi connectivity index (χ4n) is 1.60. The summed E-state index contributed by atoms with van der Waals surface area (Å²) in [6.07, 6.45) is 2.22. The lowest BCUT2D eigenvalue weighted by molar-refractivity contribution is 0.456. The van der Waals surface area contributed by atoms with Crippen molar-refractivity contribution in [2.24, 2.45) is 11.7 Å². The Labute approximate surface area is 87.3 Å². The molecule has 78 valence electrons. The minimum Gasteiger partial charge on any atom is -0.324 e. The molecule has 1 rings (SSSR count). The van der Waals surface area contributed by atoms with E-state index in [9.17, 15) is 0 Å². The van der Waals surface area contributed by atoms with Crippen molar-refractivity contribution in [2.45, 2.75) is 39.7 Å². The first-order valence-corrected chi connectivity index (χ1v) is 5.53. The van der Waals surface area contributed by atoms with E-state index < -0.39 is 0 Å². The molecule has 0 aliphatic rings. The van der Waals surface area contributed by atoms with Crippen LogP contribution >= 0.6 is 0 Å². The number of rotatable bonds is 4. The fourth-order valence-corrected chi connectivity index (χ4v) is 1.60. The maximum Gasteiger partial charge on any atom is 0.0320 e. The number of hydrogen-bond donors (Lipinski definition) is 1. The van der Waals surface area contributed by atoms with Gasteiger partial charge < -0.3 is 5.73 Å². The van der Waals surface area contributed by atoms with Crippen LogP contribution in [0.1, 0.15) is 44.4 Å². The van der Waals surface area contributed by atoms with Crippen LogP contribution < -0.4 is 5.73 Å². The van der Waals surface area contributed by atoms with Gasteiger partial charge in [0.1, 0.15) is 0 Å². The number of aryl methyl sites for hydroxylation is 1. The smallest absolute Gasteiger partial charge is 0.0320 e. The van der Waals surface area contributed by atoms with Crippen molar-refractivity contribution in [1.29, 1.82) is 0 Å². The van der Waals surface area contributed by atoms with Crippen LogP contribution in [0.25, 0.3) is 0 Å². The second-order valence-electron chi connectivity index (χ2n) is 4.01. The zero-order chi connectivity index (χ0) is 10.6. The molecule has 1 aromatic rings. The van der Waals surface area contributed by atoms with E-state index in [2.05, 4.69) is 45.0 Å². The summed E-state index contributed by atoms with van der Waals surface area (Å²) in [5, 5.41) is 0. The van der Waals surface area contributed by atoms with Crippen LogP contribution in [0.3, 0.4) is 0 Å². The maximum absolute atomic E-state index is 6.17. The second-order valence-corrected chi connectivity index (χ2v) is 4.01. The highest BCUT2D eigenvalue weighted by atomic mass is 14.6. The number of nitrogens with two attached hydrogens (primary N) is 1. The van der Waals surface area contributed by atoms with Gasteiger partial charge in [0.05, 0.1) is 0 Å². The van der Waals surface area contributed by atoms with Crippen molar-refractivity contribution in [1.82, 2.24) is 0 Å². The lowest BCUT2D eigenvalue weighted by Crippen LogP contribution is -2.18. The van der Waals surface area contributed by atoms with Crippen molar-refractivity contribution in [3.63, 3.8) is 0 Å². The van der Waals surface area contributed by atoms with Crippen LogP contribution in [0.2, 0.25) is 0 Å². The molecular formula is C13H21N. The van der Waals surface area contributed by atoms with E-state index in [4.69, 9.17) is 5.73 Å². The normalized spacial score (nSPS) is 15.1. The van der Waals surface area contributed by atoms with Gasteiger partial charge in [-0.05, 0) is 23.5 Å². The molecule has 0 unspecified atom stereocenters. The highest BCUT2D eigenvalue weighted by molar-refractivity contribution is 5.26. The molecule has 0 aromatic heterocycles. The Balaban J connectivity index is 2.83. The van der Waals surface area contributed by atoms with E-state index in [0.29, 0.717) is 5.92 Å². The summed E-state index contributed by atoms with van der Waals surface area (Å²) in [5.41, 5.74) is 8.83. The van der Waals surface area contributed by atoms with Crippen molar-refractivity contribution >= 4 is 0 Å². The van der Waals surface area contributed by atoms with E-state index in [1.807, 2.05) is 0 Å². The highest BCUT2D eigenvalue weighted by Crippen LogP contribution is 2.22. The molecule has 0 aliphatic carbocycles. The molecule has 0 fully saturated rings. The Morgan fingerprint density at radius 3 is 2.57 bits per heavy atom. The summed E-state index contributed by atoms with van der Waals surface area (Å²) in [6, 6.07) is 8.82. The lowest BCUT2D eigenvalue weighted by Gasteiger charge is -2.19. The lowest BCUT2D eigenvalue weighted by atomic mass is 9.92. The van der Waals surface area contributed by atoms with Gasteiger partial charge in [-0.15, -0.1) is 0 Å². The predicted molar refractivity (Wildman–Crippen MR) is 62.2 cm³/mol. The van der Waals surface area contributed by atoms with Gasteiger partial charge in [0.15, 0.2) is 0 Å². The molecule has 14 heavy (non-hydrogen) atoms. The Bertz CT molecular complexity index is 280. The predicted octanol–water partition coefficient (Wildman–Crippen LogP) is 3.29. The van der Waals surface area contributed by atoms with Crippen molar-refractivity contribution < 1.29 is 0 Å². The Hall–Kier alpha value is -0.820. The SMILES string of the molecule is CCc1cccc([C@H](N)[C@@H](C)CC)c1. The highest BCUT2D eigenvalue weighted by Gasteiger charge is 2.12. The van der Waals surface area contributed by atoms with Gasteiger partial charge in [-0.1, -0.05) is 51.5 Å². The third-order valence-corrected chi connectivity index (χ3v) is 3.00. The second kappa shape index (κ2) is 5.16. The van der Waals surface area contributed by atoms with Crippen LogP contribution in [-0.4, -0.2) is 0 Å². The van der Waals surface area contributed by atoms with Gasteiger partial charge in [0, 0.05) is 6.04 Å². The van der Waals surface area contributed by atoms with Crippen LogP contribution in [0, 0.1) is 5.92 Å². The van der Waals surface area contributed by atoms with Gasteiger partial charge >= 0.3 is 0 Å². The third kappa shape index (κ3) is 2.58. The summed E-state index contributed by atoms with van der Waals surface area (Å²) in [4.78, 5) is 0. The molecule has 0 amide bonds. The summed E-state index contributed by atoms with van der Waals surface area (Å²) < 4.78 is 0. The van der Waals surface area contributed by atoms with E-state index in [-0.39, 0.29) is 6.04 Å². The average molecular weight is 191 g/mol. The van der Waals surface area contributed by atoms with Crippen molar-refractivity contribution in [3.8, 4) is 0 Å². The summed E-state index contributed by atoms with van der Waals surface area (Å²) in [5.74, 6) is 0.558. The average Bonchev–Trinajstić information content (AvgIpc) is 2.27. The Morgan fingerprint density at radius 1 is 1.29 bits per heavy atom. The van der Waals surface area contributed by atoms with Crippen LogP contribution in [-0.2, 0) is 6.42 Å². The molecule has 1 heteroatoms. The minimum atomic E-state index is 0.187. The van der Waals surface area contributed by atoms with Gasteiger partial charge in [0.2, 0.25) is 0 Å². The van der Waals surface area contributed by atoms with Gasteiger partial charge in [-0.2, -0.15) is 0 Å². The molecule has 1 aromatic carbocycles. The monoisotopic (exact) mass is 191 g/mol. The molecule has 2 atom stereocenters. The largest absolute Gasteiger partial charge is 0.324 e. The zero-order valence-electron chi connectivity index (χ0n) is 9.46. The summed E-state index contributed by atoms with van der Waals surface area (Å²) >= 11 is 0. The molecule has 0 heterocycles. The maximum atomic E-state index is 6.17. The van der Waals surface area contributed by atoms with Gasteiger partial charge in [-0.3, -0.25) is 0 Å². The first-order chi connectivity index (χ1) is 6.69. The Morgan fingerprint density at radius 2 is 2.00 bits per heavy atom. The van der Waals surface area contributed by atoms with E-state index in [1.54, 1.807) is 0 Å². The van der Waals surface area contributed by atoms with Crippen molar-refractivity contribution in [3.05, 3.63) is 35.4 Å². The quantitative estimate of drug-likeness (QED) is 0.776. The van der Waals surface area contributed by atoms with E-state index in [1.165, 1.54) is 11.1 Å². The standard InChI is InChI=1S/C13H21N/c1-4-10(3)13(14)12-8-6-7-11(5-2)9-12/h6-10,13H,4-5,14H2,1-3H3/t10-,13+/m0/s1. The van der Waals surface area contributed by atoms with Gasteiger partial charge in [-0.25, -0.2) is 0 Å². The molecule has 0 saturated carbocycles. The molecule has 0 spiro atoms. The van der Waals surface area contributed by atoms with Crippen LogP contribution in [0.4, 0.5) is 0 Å². The molecule has 0 radical (unpaired) electrons. The molecule has 2 N–H and O–H groups in total. The van der Waals surface area contributed by atoms with Crippen LogP contribution in [0.15, 0.2) is 24.3 Å². The summed E-state index contributed by atoms with van der Waals surface area (Å²) in [7, 11) is 0. The minimum absolute atomic E-state index is 0.187. The van der Waals surface area contributed by atoms with E-state index >= 15 is 0 Å². The third-order valence-electron chi connectivity index (χ3n) is 3.00. The Kier molecular flexibility index (Phi) is 4.15. The first-order valence-electron chi connectivity index (χ1n) is 5.53. The number of hydrogen-bond acceptors (Lipinski definition) is 1. The molecule has 0 aliphatic heterocycles. The topological polar surface area (TPSA) is 26.0 Å². The molecule has 1 nitrogen and oxygen atoms in total. The molecular weight excluding hydrogens is 170 g/mol. The molecule has 0 saturated heterocycles. The van der Waals surface area contributed by atoms with Gasteiger partial charge in [0.25, 0.3) is 0 Å². The molecule has 0 bridgehead atoms. The van der Waals surface area contributed by atoms with E-state index in [0.717, 1.165) is 12.8 Å².